The van der Waals surface area contributed by atoms with Crippen molar-refractivity contribution in [3.05, 3.63) is 65.2 Å². The van der Waals surface area contributed by atoms with Crippen molar-refractivity contribution in [2.45, 2.75) is 20.5 Å². The van der Waals surface area contributed by atoms with Crippen LogP contribution in [0.3, 0.4) is 0 Å². The number of carbonyl (C=O) groups excluding carboxylic acids is 1. The first-order valence-electron chi connectivity index (χ1n) is 7.17. The average Bonchev–Trinajstić information content (AvgIpc) is 2.55. The molecule has 0 saturated heterocycles. The smallest absolute Gasteiger partial charge is 0.398 e. The van der Waals surface area contributed by atoms with E-state index in [1.807, 2.05) is 56.3 Å². The van der Waals surface area contributed by atoms with Crippen molar-refractivity contribution >= 4 is 11.9 Å². The van der Waals surface area contributed by atoms with Gasteiger partial charge in [-0.25, -0.2) is 4.79 Å². The van der Waals surface area contributed by atoms with Gasteiger partial charge in [0.05, 0.1) is 0 Å². The molecule has 2 aromatic carbocycles. The highest BCUT2D eigenvalue weighted by Crippen LogP contribution is 2.17. The molecule has 5 nitrogen and oxygen atoms in total. The summed E-state index contributed by atoms with van der Waals surface area (Å²) in [7, 11) is 1.34. The Morgan fingerprint density at radius 3 is 2.39 bits per heavy atom. The van der Waals surface area contributed by atoms with Gasteiger partial charge in [0.15, 0.2) is 0 Å². The van der Waals surface area contributed by atoms with Crippen LogP contribution in [0.2, 0.25) is 0 Å². The number of aryl methyl sites for hydroxylation is 2. The quantitative estimate of drug-likeness (QED) is 0.376. The van der Waals surface area contributed by atoms with E-state index in [1.54, 1.807) is 6.07 Å². The Labute approximate surface area is 135 Å². The molecule has 0 aromatic heterocycles. The van der Waals surface area contributed by atoms with Gasteiger partial charge in [-0.1, -0.05) is 48.0 Å². The summed E-state index contributed by atoms with van der Waals surface area (Å²) >= 11 is 0. The molecule has 0 unspecified atom stereocenters. The van der Waals surface area contributed by atoms with Crippen LogP contribution in [0.4, 0.5) is 0 Å². The van der Waals surface area contributed by atoms with Gasteiger partial charge in [0.25, 0.3) is 0 Å². The molecular formula is C18H19NO4. The van der Waals surface area contributed by atoms with E-state index >= 15 is 0 Å². The lowest BCUT2D eigenvalue weighted by molar-refractivity contribution is -0.138. The molecule has 0 aliphatic heterocycles. The number of nitrogens with zero attached hydrogens (tertiary/aromatic N) is 1. The maximum absolute atomic E-state index is 12.1. The molecule has 0 amide bonds. The fourth-order valence-electron chi connectivity index (χ4n) is 1.85. The Morgan fingerprint density at radius 1 is 1.04 bits per heavy atom. The first-order chi connectivity index (χ1) is 11.1. The second kappa shape index (κ2) is 7.98. The van der Waals surface area contributed by atoms with Crippen LogP contribution in [0.15, 0.2) is 53.7 Å². The Balaban J connectivity index is 2.02. The molecule has 0 N–H and O–H groups in total. The van der Waals surface area contributed by atoms with Crippen LogP contribution in [-0.4, -0.2) is 19.0 Å². The van der Waals surface area contributed by atoms with Crippen LogP contribution in [0.25, 0.3) is 0 Å². The van der Waals surface area contributed by atoms with Crippen molar-refractivity contribution in [2.75, 3.05) is 7.11 Å². The lowest BCUT2D eigenvalue weighted by Crippen LogP contribution is -2.24. The summed E-state index contributed by atoms with van der Waals surface area (Å²) in [5.41, 5.74) is 2.91. The topological polar surface area (TPSA) is 57.1 Å². The summed E-state index contributed by atoms with van der Waals surface area (Å²) in [6.07, 6.45) is 0. The SMILES string of the molecule is CON=C(Oc1ccccc1C)C(=O)OCc1ccc(C)cc1. The van der Waals surface area contributed by atoms with Crippen molar-refractivity contribution in [3.8, 4) is 5.75 Å². The number of hydrogen-bond acceptors (Lipinski definition) is 5. The van der Waals surface area contributed by atoms with Gasteiger partial charge >= 0.3 is 11.9 Å². The standard InChI is InChI=1S/C18H19NO4/c1-13-8-10-15(11-9-13)12-22-18(20)17(19-21-3)23-16-7-5-4-6-14(16)2/h4-11H,12H2,1-3H3. The van der Waals surface area contributed by atoms with E-state index < -0.39 is 5.97 Å². The number of ether oxygens (including phenoxy) is 2. The predicted octanol–water partition coefficient (Wildman–Crippen LogP) is 3.39. The minimum absolute atomic E-state index is 0.138. The maximum Gasteiger partial charge on any atom is 0.398 e. The van der Waals surface area contributed by atoms with E-state index in [0.717, 1.165) is 16.7 Å². The molecule has 0 fully saturated rings. The van der Waals surface area contributed by atoms with Gasteiger partial charge in [-0.3, -0.25) is 0 Å². The van der Waals surface area contributed by atoms with Gasteiger partial charge in [0.1, 0.15) is 19.5 Å². The lowest BCUT2D eigenvalue weighted by Gasteiger charge is -2.10. The van der Waals surface area contributed by atoms with Crippen LogP contribution < -0.4 is 4.74 Å². The van der Waals surface area contributed by atoms with E-state index in [2.05, 4.69) is 9.99 Å². The largest absolute Gasteiger partial charge is 0.454 e. The van der Waals surface area contributed by atoms with E-state index in [-0.39, 0.29) is 12.5 Å². The highest BCUT2D eigenvalue weighted by Gasteiger charge is 2.18. The predicted molar refractivity (Wildman–Crippen MR) is 87.2 cm³/mol. The number of carbonyl (C=O) groups is 1. The zero-order valence-electron chi connectivity index (χ0n) is 13.4. The Kier molecular flexibility index (Phi) is 5.74. The molecule has 0 aliphatic carbocycles. The molecular weight excluding hydrogens is 294 g/mol. The van der Waals surface area contributed by atoms with E-state index in [1.165, 1.54) is 7.11 Å². The Morgan fingerprint density at radius 2 is 1.74 bits per heavy atom. The summed E-state index contributed by atoms with van der Waals surface area (Å²) in [6.45, 7) is 4.01. The van der Waals surface area contributed by atoms with Crippen LogP contribution in [-0.2, 0) is 21.0 Å². The molecule has 2 aromatic rings. The number of rotatable bonds is 4. The minimum atomic E-state index is -0.685. The number of esters is 1. The van der Waals surface area contributed by atoms with Gasteiger partial charge in [-0.05, 0) is 36.2 Å². The number of para-hydroxylation sites is 1. The van der Waals surface area contributed by atoms with E-state index in [9.17, 15) is 4.79 Å². The lowest BCUT2D eigenvalue weighted by atomic mass is 10.2. The van der Waals surface area contributed by atoms with Gasteiger partial charge in [-0.15, -0.1) is 0 Å². The molecule has 5 heteroatoms. The maximum atomic E-state index is 12.1. The number of hydrogen-bond donors (Lipinski definition) is 0. The molecule has 2 rings (SSSR count). The van der Waals surface area contributed by atoms with E-state index in [4.69, 9.17) is 9.47 Å². The van der Waals surface area contributed by atoms with Crippen LogP contribution in [0, 0.1) is 13.8 Å². The highest BCUT2D eigenvalue weighted by atomic mass is 16.7. The van der Waals surface area contributed by atoms with Crippen molar-refractivity contribution in [1.29, 1.82) is 0 Å². The van der Waals surface area contributed by atoms with Crippen LogP contribution >= 0.6 is 0 Å². The van der Waals surface area contributed by atoms with Gasteiger partial charge < -0.3 is 14.3 Å². The normalized spacial score (nSPS) is 11.0. The first-order valence-corrected chi connectivity index (χ1v) is 7.17. The molecule has 23 heavy (non-hydrogen) atoms. The summed E-state index contributed by atoms with van der Waals surface area (Å²) < 4.78 is 10.7. The third kappa shape index (κ3) is 4.85. The third-order valence-electron chi connectivity index (χ3n) is 3.14. The van der Waals surface area contributed by atoms with E-state index in [0.29, 0.717) is 5.75 Å². The minimum Gasteiger partial charge on any atom is -0.454 e. The summed E-state index contributed by atoms with van der Waals surface area (Å²) in [4.78, 5) is 16.8. The van der Waals surface area contributed by atoms with Crippen LogP contribution in [0.5, 0.6) is 5.75 Å². The fraction of sp³-hybridized carbons (Fsp3) is 0.222. The first kappa shape index (κ1) is 16.5. The number of oxime groups is 1. The summed E-state index contributed by atoms with van der Waals surface area (Å²) in [6, 6.07) is 15.0. The summed E-state index contributed by atoms with van der Waals surface area (Å²) in [5.74, 6) is -0.403. The monoisotopic (exact) mass is 313 g/mol. The molecule has 0 aliphatic rings. The molecule has 0 heterocycles. The van der Waals surface area contributed by atoms with Crippen molar-refractivity contribution in [3.63, 3.8) is 0 Å². The molecule has 0 saturated carbocycles. The molecule has 0 atom stereocenters. The highest BCUT2D eigenvalue weighted by molar-refractivity contribution is 6.33. The Bertz CT molecular complexity index is 692. The van der Waals surface area contributed by atoms with Gasteiger partial charge in [0.2, 0.25) is 0 Å². The van der Waals surface area contributed by atoms with Gasteiger partial charge in [-0.2, -0.15) is 0 Å². The van der Waals surface area contributed by atoms with Gasteiger partial charge in [0, 0.05) is 0 Å². The third-order valence-corrected chi connectivity index (χ3v) is 3.14. The van der Waals surface area contributed by atoms with Crippen molar-refractivity contribution < 1.29 is 19.1 Å². The second-order valence-electron chi connectivity index (χ2n) is 5.01. The fourth-order valence-corrected chi connectivity index (χ4v) is 1.85. The molecule has 0 bridgehead atoms. The second-order valence-corrected chi connectivity index (χ2v) is 5.01. The molecule has 120 valence electrons. The summed E-state index contributed by atoms with van der Waals surface area (Å²) in [5, 5.41) is 3.61. The molecule has 0 spiro atoms. The van der Waals surface area contributed by atoms with Crippen LogP contribution in [0.1, 0.15) is 16.7 Å². The van der Waals surface area contributed by atoms with Crippen molar-refractivity contribution in [2.24, 2.45) is 5.16 Å². The van der Waals surface area contributed by atoms with Crippen molar-refractivity contribution in [1.82, 2.24) is 0 Å². The Hall–Kier alpha value is -2.82. The number of benzene rings is 2. The zero-order chi connectivity index (χ0) is 16.7. The molecule has 0 radical (unpaired) electrons. The zero-order valence-corrected chi connectivity index (χ0v) is 13.4. The average molecular weight is 313 g/mol.